The average molecular weight is 867 g/mol. The predicted molar refractivity (Wildman–Crippen MR) is 223 cm³/mol. The number of aromatic amines is 1. The van der Waals surface area contributed by atoms with Gasteiger partial charge in [0.05, 0.1) is 52.6 Å². The maximum absolute atomic E-state index is 12.9. The fourth-order valence-corrected chi connectivity index (χ4v) is 6.38. The summed E-state index contributed by atoms with van der Waals surface area (Å²) in [4.78, 5) is 45.6. The molecule has 0 bridgehead atoms. The standard InChI is InChI=1S/C20H14Cl2N4O.C20H15ClN4O2.CH3F.K.H2O/c1-12-17-18(22)16(20(27)24-14-9-7-13(21)8-10-14)11-23-19(17)26(25-12)15-5-3-2-4-6-15;1-12-17-18(26)16(20(27)23-14-9-7-13(21)8-10-14)11-22-19(17)25(24-12)15-5-3-2-4-6-15;1-2;;/h2-11H,1H3,(H,24,27);2-11H,1H3,(H,22,26)(H,23,27);1H3;;1H2/q;;;+1;/p-1/i;;1D;;. The molecule has 12 nitrogen and oxygen atoms in total. The summed E-state index contributed by atoms with van der Waals surface area (Å²) < 4.78 is 18.9. The van der Waals surface area contributed by atoms with Crippen LogP contribution in [0.2, 0.25) is 15.1 Å². The average Bonchev–Trinajstić information content (AvgIpc) is 3.75. The Morgan fingerprint density at radius 2 is 1.16 bits per heavy atom. The number of anilines is 2. The first-order valence-electron chi connectivity index (χ1n) is 17.5. The van der Waals surface area contributed by atoms with Crippen LogP contribution in [-0.4, -0.2) is 54.0 Å². The number of pyridine rings is 2. The summed E-state index contributed by atoms with van der Waals surface area (Å²) in [5.74, 6) is -0.837. The van der Waals surface area contributed by atoms with E-state index in [2.05, 4.69) is 30.8 Å². The van der Waals surface area contributed by atoms with Crippen molar-refractivity contribution in [2.45, 2.75) is 13.8 Å². The van der Waals surface area contributed by atoms with Gasteiger partial charge in [0, 0.05) is 33.8 Å². The number of amides is 2. The molecule has 4 heterocycles. The fourth-order valence-electron chi connectivity index (χ4n) is 5.78. The number of para-hydroxylation sites is 2. The molecule has 0 saturated carbocycles. The van der Waals surface area contributed by atoms with Gasteiger partial charge in [0.1, 0.15) is 11.2 Å². The molecular formula is C41H33Cl3FKN8O4. The Morgan fingerprint density at radius 1 is 0.707 bits per heavy atom. The summed E-state index contributed by atoms with van der Waals surface area (Å²) in [6.45, 7) is 3.59. The molecule has 290 valence electrons. The van der Waals surface area contributed by atoms with Gasteiger partial charge < -0.3 is 21.1 Å². The van der Waals surface area contributed by atoms with Gasteiger partial charge in [-0.15, -0.1) is 0 Å². The van der Waals surface area contributed by atoms with E-state index < -0.39 is 13.1 Å². The third kappa shape index (κ3) is 10.1. The summed E-state index contributed by atoms with van der Waals surface area (Å²) >= 11 is 18.3. The van der Waals surface area contributed by atoms with E-state index in [9.17, 15) is 18.8 Å². The van der Waals surface area contributed by atoms with Crippen LogP contribution in [-0.2, 0) is 0 Å². The summed E-state index contributed by atoms with van der Waals surface area (Å²) in [5, 5.41) is 17.0. The van der Waals surface area contributed by atoms with Crippen molar-refractivity contribution in [2.75, 3.05) is 17.8 Å². The van der Waals surface area contributed by atoms with Crippen LogP contribution >= 0.6 is 34.8 Å². The van der Waals surface area contributed by atoms with Gasteiger partial charge in [0.15, 0.2) is 5.65 Å². The Labute approximate surface area is 390 Å². The van der Waals surface area contributed by atoms with E-state index in [0.717, 1.165) is 11.4 Å². The third-order valence-electron chi connectivity index (χ3n) is 8.39. The van der Waals surface area contributed by atoms with Gasteiger partial charge in [0.25, 0.3) is 11.8 Å². The van der Waals surface area contributed by atoms with Crippen molar-refractivity contribution in [1.29, 1.82) is 0 Å². The zero-order valence-electron chi connectivity index (χ0n) is 32.2. The van der Waals surface area contributed by atoms with Gasteiger partial charge in [-0.05, 0) is 86.6 Å². The molecule has 0 aliphatic heterocycles. The maximum atomic E-state index is 12.9. The van der Waals surface area contributed by atoms with Crippen LogP contribution in [0.1, 0.15) is 33.5 Å². The van der Waals surface area contributed by atoms with Gasteiger partial charge in [-0.2, -0.15) is 10.2 Å². The zero-order chi connectivity index (χ0) is 40.6. The molecular weight excluding hydrogens is 833 g/mol. The summed E-state index contributed by atoms with van der Waals surface area (Å²) in [7, 11) is -1.00. The molecule has 17 heteroatoms. The SMILES string of the molecule is Cc1nn(-c2ccccc2)c2[nH]cc(C(=O)Nc3ccc(Cl)cc3)c(=O)c12.Cc1nn(-c2ccccc2)c2ncc(C(=O)Nc3ccc(Cl)cc3)c(Cl)c12.[2H]CF.[K+].[OH-]. The molecule has 8 aromatic rings. The molecule has 0 aliphatic rings. The minimum atomic E-state index is -1.00. The van der Waals surface area contributed by atoms with Crippen LogP contribution in [0.15, 0.2) is 126 Å². The molecule has 4 aromatic heterocycles. The van der Waals surface area contributed by atoms with Crippen molar-refractivity contribution in [1.82, 2.24) is 29.5 Å². The van der Waals surface area contributed by atoms with Crippen LogP contribution in [0, 0.1) is 13.8 Å². The van der Waals surface area contributed by atoms with E-state index in [-0.39, 0.29) is 79.3 Å². The number of rotatable bonds is 6. The van der Waals surface area contributed by atoms with Crippen molar-refractivity contribution < 1.29 is 72.2 Å². The second-order valence-electron chi connectivity index (χ2n) is 12.0. The molecule has 0 spiro atoms. The monoisotopic (exact) mass is 865 g/mol. The molecule has 0 fully saturated rings. The Kier molecular flexibility index (Phi) is 15.9. The summed E-state index contributed by atoms with van der Waals surface area (Å²) in [6.07, 6.45) is 2.88. The molecule has 0 saturated heterocycles. The van der Waals surface area contributed by atoms with Crippen molar-refractivity contribution in [3.05, 3.63) is 169 Å². The number of hydrogen-bond donors (Lipinski definition) is 3. The fraction of sp³-hybridized carbons (Fsp3) is 0.0732. The second-order valence-corrected chi connectivity index (χ2v) is 13.3. The normalized spacial score (nSPS) is 10.5. The van der Waals surface area contributed by atoms with Crippen LogP contribution in [0.3, 0.4) is 0 Å². The molecule has 58 heavy (non-hydrogen) atoms. The molecule has 0 radical (unpaired) electrons. The second kappa shape index (κ2) is 20.8. The number of halogens is 4. The van der Waals surface area contributed by atoms with E-state index in [1.807, 2.05) is 67.6 Å². The third-order valence-corrected chi connectivity index (χ3v) is 9.28. The predicted octanol–water partition coefficient (Wildman–Crippen LogP) is 6.63. The van der Waals surface area contributed by atoms with E-state index in [1.54, 1.807) is 64.8 Å². The van der Waals surface area contributed by atoms with Crippen molar-refractivity contribution in [2.24, 2.45) is 0 Å². The molecule has 4 N–H and O–H groups in total. The largest absolute Gasteiger partial charge is 1.00 e. The van der Waals surface area contributed by atoms with E-state index in [1.165, 1.54) is 12.4 Å². The number of hydrogen-bond acceptors (Lipinski definition) is 7. The van der Waals surface area contributed by atoms with Crippen LogP contribution in [0.25, 0.3) is 33.4 Å². The van der Waals surface area contributed by atoms with Gasteiger partial charge in [0.2, 0.25) is 5.43 Å². The maximum Gasteiger partial charge on any atom is 1.00 e. The van der Waals surface area contributed by atoms with Crippen LogP contribution < -0.4 is 67.4 Å². The molecule has 8 rings (SSSR count). The summed E-state index contributed by atoms with van der Waals surface area (Å²) in [5.41, 5.74) is 5.22. The Bertz CT molecular complexity index is 2760. The number of carbonyl (C=O) groups excluding carboxylic acids is 2. The minimum Gasteiger partial charge on any atom is -0.870 e. The van der Waals surface area contributed by atoms with Crippen molar-refractivity contribution >= 4 is 80.1 Å². The van der Waals surface area contributed by atoms with Gasteiger partial charge in [-0.1, -0.05) is 71.2 Å². The molecule has 0 aliphatic carbocycles. The number of alkyl halides is 1. The van der Waals surface area contributed by atoms with Gasteiger partial charge in [-0.3, -0.25) is 18.8 Å². The molecule has 0 atom stereocenters. The summed E-state index contributed by atoms with van der Waals surface area (Å²) in [6, 6.07) is 32.7. The topological polar surface area (TPSA) is 170 Å². The number of fused-ring (bicyclic) bond motifs is 2. The van der Waals surface area contributed by atoms with Crippen LogP contribution in [0.4, 0.5) is 15.8 Å². The van der Waals surface area contributed by atoms with E-state index in [4.69, 9.17) is 36.2 Å². The number of nitrogens with zero attached hydrogens (tertiary/aromatic N) is 5. The Hall–Kier alpha value is -4.74. The number of aryl methyl sites for hydroxylation is 2. The minimum absolute atomic E-state index is 0. The van der Waals surface area contributed by atoms with Crippen molar-refractivity contribution in [3.8, 4) is 11.4 Å². The number of nitrogens with one attached hydrogen (secondary N) is 3. The first-order valence-corrected chi connectivity index (χ1v) is 17.9. The molecule has 2 amide bonds. The number of H-pyrrole nitrogens is 1. The molecule has 4 aromatic carbocycles. The zero-order valence-corrected chi connectivity index (χ0v) is 36.6. The Morgan fingerprint density at radius 3 is 1.67 bits per heavy atom. The van der Waals surface area contributed by atoms with E-state index in [0.29, 0.717) is 59.9 Å². The van der Waals surface area contributed by atoms with Gasteiger partial charge >= 0.3 is 51.4 Å². The molecule has 0 unspecified atom stereocenters. The van der Waals surface area contributed by atoms with Crippen LogP contribution in [0.5, 0.6) is 0 Å². The van der Waals surface area contributed by atoms with Crippen molar-refractivity contribution in [3.63, 3.8) is 0 Å². The first kappa shape index (κ1) is 44.4. The number of carbonyl (C=O) groups is 2. The number of aromatic nitrogens is 6. The van der Waals surface area contributed by atoms with Gasteiger partial charge in [-0.25, -0.2) is 14.3 Å². The van der Waals surface area contributed by atoms with E-state index >= 15 is 0 Å². The smallest absolute Gasteiger partial charge is 0.870 e. The Balaban J connectivity index is 0.000000237. The number of benzene rings is 4. The quantitative estimate of drug-likeness (QED) is 0.158. The first-order chi connectivity index (χ1) is 27.5.